The number of rotatable bonds is 4. The van der Waals surface area contributed by atoms with Crippen LogP contribution in [0.1, 0.15) is 0 Å². The van der Waals surface area contributed by atoms with Crippen molar-refractivity contribution in [2.24, 2.45) is 0 Å². The summed E-state index contributed by atoms with van der Waals surface area (Å²) in [5.74, 6) is 0.618. The maximum atomic E-state index is 11.8. The Hall–Kier alpha value is -0.960. The molecule has 4 heteroatoms. The third-order valence-corrected chi connectivity index (χ3v) is 1.87. The second-order valence-electron chi connectivity index (χ2n) is 2.47. The summed E-state index contributed by atoms with van der Waals surface area (Å²) >= 11 is 5.85. The van der Waals surface area contributed by atoms with E-state index in [1.54, 1.807) is 25.3 Å². The maximum absolute atomic E-state index is 11.8. The Labute approximate surface area is 81.7 Å². The number of ether oxygens (including phenoxy) is 1. The van der Waals surface area contributed by atoms with Crippen LogP contribution in [0.15, 0.2) is 18.2 Å². The highest BCUT2D eigenvalue weighted by atomic mass is 35.5. The normalized spacial score (nSPS) is 9.77. The van der Waals surface area contributed by atoms with Crippen molar-refractivity contribution in [3.8, 4) is 5.75 Å². The van der Waals surface area contributed by atoms with E-state index in [0.717, 1.165) is 5.69 Å². The van der Waals surface area contributed by atoms with Crippen molar-refractivity contribution in [2.75, 3.05) is 25.6 Å². The highest BCUT2D eigenvalue weighted by molar-refractivity contribution is 6.32. The SMILES string of the molecule is COc1ccc(NCCF)cc1Cl. The summed E-state index contributed by atoms with van der Waals surface area (Å²) in [7, 11) is 1.55. The van der Waals surface area contributed by atoms with Crippen molar-refractivity contribution in [3.05, 3.63) is 23.2 Å². The molecule has 13 heavy (non-hydrogen) atoms. The number of nitrogens with one attached hydrogen (secondary N) is 1. The molecule has 1 N–H and O–H groups in total. The second-order valence-corrected chi connectivity index (χ2v) is 2.87. The number of anilines is 1. The van der Waals surface area contributed by atoms with Crippen molar-refractivity contribution in [3.63, 3.8) is 0 Å². The topological polar surface area (TPSA) is 21.3 Å². The summed E-state index contributed by atoms with van der Waals surface area (Å²) in [6.07, 6.45) is 0. The molecule has 72 valence electrons. The van der Waals surface area contributed by atoms with Crippen LogP contribution in [-0.2, 0) is 0 Å². The van der Waals surface area contributed by atoms with Crippen LogP contribution in [0, 0.1) is 0 Å². The van der Waals surface area contributed by atoms with Gasteiger partial charge in [-0.3, -0.25) is 0 Å². The minimum absolute atomic E-state index is 0.294. The van der Waals surface area contributed by atoms with Crippen LogP contribution in [0.2, 0.25) is 5.02 Å². The van der Waals surface area contributed by atoms with E-state index in [-0.39, 0.29) is 0 Å². The third-order valence-electron chi connectivity index (χ3n) is 1.58. The average Bonchev–Trinajstić information content (AvgIpc) is 2.15. The van der Waals surface area contributed by atoms with E-state index in [1.807, 2.05) is 0 Å². The van der Waals surface area contributed by atoms with Gasteiger partial charge in [-0.15, -0.1) is 0 Å². The molecule has 0 spiro atoms. The van der Waals surface area contributed by atoms with E-state index < -0.39 is 6.67 Å². The number of benzene rings is 1. The summed E-state index contributed by atoms with van der Waals surface area (Å²) < 4.78 is 16.8. The molecule has 0 aliphatic heterocycles. The molecule has 0 aromatic heterocycles. The van der Waals surface area contributed by atoms with Gasteiger partial charge < -0.3 is 10.1 Å². The number of hydrogen-bond donors (Lipinski definition) is 1. The van der Waals surface area contributed by atoms with Gasteiger partial charge >= 0.3 is 0 Å². The van der Waals surface area contributed by atoms with Crippen LogP contribution in [0.5, 0.6) is 5.75 Å². The zero-order valence-electron chi connectivity index (χ0n) is 7.31. The Morgan fingerprint density at radius 1 is 1.54 bits per heavy atom. The van der Waals surface area contributed by atoms with Crippen LogP contribution in [0.3, 0.4) is 0 Å². The Kier molecular flexibility index (Phi) is 3.83. The lowest BCUT2D eigenvalue weighted by Gasteiger charge is -2.06. The largest absolute Gasteiger partial charge is 0.495 e. The van der Waals surface area contributed by atoms with Gasteiger partial charge in [-0.05, 0) is 18.2 Å². The summed E-state index contributed by atoms with van der Waals surface area (Å²) in [5.41, 5.74) is 0.795. The van der Waals surface area contributed by atoms with E-state index in [9.17, 15) is 4.39 Å². The van der Waals surface area contributed by atoms with Gasteiger partial charge in [-0.1, -0.05) is 11.6 Å². The van der Waals surface area contributed by atoms with Gasteiger partial charge in [0.25, 0.3) is 0 Å². The van der Waals surface area contributed by atoms with E-state index in [2.05, 4.69) is 5.32 Å². The van der Waals surface area contributed by atoms with Crippen molar-refractivity contribution in [1.29, 1.82) is 0 Å². The molecule has 0 aliphatic carbocycles. The molecule has 2 nitrogen and oxygen atoms in total. The first-order valence-electron chi connectivity index (χ1n) is 3.91. The molecular weight excluding hydrogens is 193 g/mol. The minimum Gasteiger partial charge on any atom is -0.495 e. The zero-order chi connectivity index (χ0) is 9.68. The summed E-state index contributed by atoms with van der Waals surface area (Å²) in [5, 5.41) is 3.39. The van der Waals surface area contributed by atoms with Gasteiger partial charge in [0.15, 0.2) is 0 Å². The molecule has 0 aliphatic rings. The zero-order valence-corrected chi connectivity index (χ0v) is 8.07. The summed E-state index contributed by atoms with van der Waals surface area (Å²) in [6.45, 7) is -0.105. The molecule has 0 atom stereocenters. The lowest BCUT2D eigenvalue weighted by Crippen LogP contribution is -2.02. The van der Waals surface area contributed by atoms with Gasteiger partial charge in [-0.2, -0.15) is 0 Å². The average molecular weight is 204 g/mol. The lowest BCUT2D eigenvalue weighted by atomic mass is 10.3. The molecule has 0 bridgehead atoms. The maximum Gasteiger partial charge on any atom is 0.137 e. The molecule has 1 aromatic carbocycles. The molecule has 0 saturated carbocycles. The first-order chi connectivity index (χ1) is 6.27. The molecule has 0 saturated heterocycles. The fraction of sp³-hybridized carbons (Fsp3) is 0.333. The third kappa shape index (κ3) is 2.77. The Bertz CT molecular complexity index is 280. The first kappa shape index (κ1) is 10.1. The quantitative estimate of drug-likeness (QED) is 0.813. The molecule has 0 radical (unpaired) electrons. The number of halogens is 2. The van der Waals surface area contributed by atoms with Gasteiger partial charge in [0, 0.05) is 12.2 Å². The van der Waals surface area contributed by atoms with Gasteiger partial charge in [0.2, 0.25) is 0 Å². The molecule has 0 amide bonds. The summed E-state index contributed by atoms with van der Waals surface area (Å²) in [4.78, 5) is 0. The smallest absolute Gasteiger partial charge is 0.137 e. The van der Waals surface area contributed by atoms with Gasteiger partial charge in [-0.25, -0.2) is 4.39 Å². The molecule has 0 fully saturated rings. The van der Waals surface area contributed by atoms with E-state index in [0.29, 0.717) is 17.3 Å². The van der Waals surface area contributed by atoms with Gasteiger partial charge in [0.1, 0.15) is 12.4 Å². The number of methoxy groups -OCH3 is 1. The van der Waals surface area contributed by atoms with Crippen LogP contribution < -0.4 is 10.1 Å². The van der Waals surface area contributed by atoms with E-state index in [4.69, 9.17) is 16.3 Å². The van der Waals surface area contributed by atoms with Crippen molar-refractivity contribution < 1.29 is 9.13 Å². The predicted molar refractivity (Wildman–Crippen MR) is 52.5 cm³/mol. The molecule has 1 aromatic rings. The highest BCUT2D eigenvalue weighted by Crippen LogP contribution is 2.26. The molecular formula is C9H11ClFNO. The van der Waals surface area contributed by atoms with Crippen molar-refractivity contribution in [1.82, 2.24) is 0 Å². The van der Waals surface area contributed by atoms with Crippen LogP contribution >= 0.6 is 11.6 Å². The van der Waals surface area contributed by atoms with Crippen LogP contribution in [0.25, 0.3) is 0 Å². The van der Waals surface area contributed by atoms with E-state index >= 15 is 0 Å². The predicted octanol–water partition coefficient (Wildman–Crippen LogP) is 2.73. The van der Waals surface area contributed by atoms with Crippen molar-refractivity contribution in [2.45, 2.75) is 0 Å². The highest BCUT2D eigenvalue weighted by Gasteiger charge is 2.00. The summed E-state index contributed by atoms with van der Waals surface area (Å²) in [6, 6.07) is 5.24. The standard InChI is InChI=1S/C9H11ClFNO/c1-13-9-3-2-7(6-8(9)10)12-5-4-11/h2-3,6,12H,4-5H2,1H3. The van der Waals surface area contributed by atoms with Crippen molar-refractivity contribution >= 4 is 17.3 Å². The molecule has 0 unspecified atom stereocenters. The second kappa shape index (κ2) is 4.92. The van der Waals surface area contributed by atoms with Gasteiger partial charge in [0.05, 0.1) is 12.1 Å². The monoisotopic (exact) mass is 203 g/mol. The lowest BCUT2D eigenvalue weighted by molar-refractivity contribution is 0.415. The fourth-order valence-electron chi connectivity index (χ4n) is 0.968. The Morgan fingerprint density at radius 3 is 2.85 bits per heavy atom. The first-order valence-corrected chi connectivity index (χ1v) is 4.29. The Morgan fingerprint density at radius 2 is 2.31 bits per heavy atom. The molecule has 1 rings (SSSR count). The molecule has 0 heterocycles. The number of hydrogen-bond acceptors (Lipinski definition) is 2. The van der Waals surface area contributed by atoms with Crippen LogP contribution in [0.4, 0.5) is 10.1 Å². The fourth-order valence-corrected chi connectivity index (χ4v) is 1.23. The minimum atomic E-state index is -0.399. The number of alkyl halides is 1. The van der Waals surface area contributed by atoms with E-state index in [1.165, 1.54) is 0 Å². The Balaban J connectivity index is 2.71. The van der Waals surface area contributed by atoms with Crippen LogP contribution in [-0.4, -0.2) is 20.3 Å².